The van der Waals surface area contributed by atoms with Gasteiger partial charge in [0.2, 0.25) is 11.8 Å². The molecule has 148 valence electrons. The number of nitrogens with one attached hydrogen (secondary N) is 1. The van der Waals surface area contributed by atoms with E-state index in [4.69, 9.17) is 16.3 Å². The van der Waals surface area contributed by atoms with Crippen LogP contribution in [0.4, 0.5) is 5.69 Å². The maximum atomic E-state index is 13.0. The van der Waals surface area contributed by atoms with Crippen molar-refractivity contribution in [3.8, 4) is 0 Å². The molecule has 1 heterocycles. The summed E-state index contributed by atoms with van der Waals surface area (Å²) in [5.41, 5.74) is 3.79. The number of halogens is 1. The third-order valence-corrected chi connectivity index (χ3v) is 6.45. The van der Waals surface area contributed by atoms with E-state index in [1.807, 2.05) is 50.2 Å². The Bertz CT molecular complexity index is 890. The van der Waals surface area contributed by atoms with Crippen LogP contribution in [0.5, 0.6) is 0 Å². The lowest BCUT2D eigenvalue weighted by Gasteiger charge is -2.29. The predicted molar refractivity (Wildman–Crippen MR) is 114 cm³/mol. The molecule has 1 aliphatic rings. The highest BCUT2D eigenvalue weighted by atomic mass is 35.5. The van der Waals surface area contributed by atoms with Gasteiger partial charge in [0.05, 0.1) is 0 Å². The van der Waals surface area contributed by atoms with Gasteiger partial charge in [-0.1, -0.05) is 35.9 Å². The van der Waals surface area contributed by atoms with Gasteiger partial charge in [-0.25, -0.2) is 0 Å². The fraction of sp³-hybridized carbons (Fsp3) is 0.333. The molecular weight excluding hydrogens is 396 g/mol. The first-order valence-corrected chi connectivity index (χ1v) is 10.4. The number of thioether (sulfide) groups is 1. The Morgan fingerprint density at radius 3 is 2.64 bits per heavy atom. The van der Waals surface area contributed by atoms with Crippen molar-refractivity contribution >= 4 is 40.9 Å². The maximum Gasteiger partial charge on any atom is 0.250 e. The number of nitrogens with zero attached hydrogens (tertiary/aromatic N) is 1. The third-order valence-electron chi connectivity index (χ3n) is 4.80. The number of aryl methyl sites for hydroxylation is 2. The lowest BCUT2D eigenvalue weighted by molar-refractivity contribution is -0.141. The van der Waals surface area contributed by atoms with Gasteiger partial charge in [-0.2, -0.15) is 0 Å². The van der Waals surface area contributed by atoms with E-state index in [2.05, 4.69) is 5.32 Å². The Labute approximate surface area is 174 Å². The van der Waals surface area contributed by atoms with E-state index in [1.165, 1.54) is 18.9 Å². The van der Waals surface area contributed by atoms with Crippen LogP contribution in [0.25, 0.3) is 0 Å². The number of carbonyl (C=O) groups is 2. The highest BCUT2D eigenvalue weighted by Gasteiger charge is 2.42. The van der Waals surface area contributed by atoms with Gasteiger partial charge in [0.25, 0.3) is 0 Å². The van der Waals surface area contributed by atoms with Crippen LogP contribution in [0, 0.1) is 13.8 Å². The molecule has 28 heavy (non-hydrogen) atoms. The molecule has 1 aliphatic heterocycles. The summed E-state index contributed by atoms with van der Waals surface area (Å²) in [6, 6.07) is 12.6. The van der Waals surface area contributed by atoms with E-state index in [9.17, 15) is 9.59 Å². The summed E-state index contributed by atoms with van der Waals surface area (Å²) < 4.78 is 5.04. The van der Waals surface area contributed by atoms with Gasteiger partial charge < -0.3 is 15.0 Å². The molecule has 0 saturated carbocycles. The summed E-state index contributed by atoms with van der Waals surface area (Å²) in [6.07, 6.45) is 0. The van der Waals surface area contributed by atoms with E-state index in [1.54, 1.807) is 11.0 Å². The molecule has 2 atom stereocenters. The molecule has 1 saturated heterocycles. The van der Waals surface area contributed by atoms with Crippen LogP contribution in [-0.2, 0) is 14.3 Å². The first-order chi connectivity index (χ1) is 13.4. The van der Waals surface area contributed by atoms with Gasteiger partial charge in [-0.05, 0) is 43.2 Å². The Morgan fingerprint density at radius 1 is 1.21 bits per heavy atom. The smallest absolute Gasteiger partial charge is 0.250 e. The van der Waals surface area contributed by atoms with Crippen molar-refractivity contribution in [2.45, 2.75) is 25.3 Å². The minimum absolute atomic E-state index is 0.0884. The zero-order valence-corrected chi connectivity index (χ0v) is 17.6. The second-order valence-electron chi connectivity index (χ2n) is 6.75. The molecule has 0 spiro atoms. The van der Waals surface area contributed by atoms with Crippen LogP contribution in [0.2, 0.25) is 5.02 Å². The molecular formula is C21H23ClN2O3S. The van der Waals surface area contributed by atoms with Gasteiger partial charge in [-0.3, -0.25) is 9.59 Å². The van der Waals surface area contributed by atoms with Crippen LogP contribution in [0.1, 0.15) is 22.1 Å². The monoisotopic (exact) mass is 418 g/mol. The summed E-state index contributed by atoms with van der Waals surface area (Å²) in [7, 11) is 1.47. The largest absolute Gasteiger partial charge is 0.375 e. The number of rotatable bonds is 5. The Kier molecular flexibility index (Phi) is 6.65. The number of anilines is 1. The quantitative estimate of drug-likeness (QED) is 0.791. The SMILES string of the molecule is COCC(=O)N1C(C(=O)Nc2ccc(C)c(C)c2)CSC1c1ccccc1Cl. The fourth-order valence-corrected chi connectivity index (χ4v) is 4.96. The molecule has 2 aromatic rings. The minimum atomic E-state index is -0.601. The number of methoxy groups -OCH3 is 1. The van der Waals surface area contributed by atoms with E-state index in [0.29, 0.717) is 10.8 Å². The number of ether oxygens (including phenoxy) is 1. The lowest BCUT2D eigenvalue weighted by Crippen LogP contribution is -2.46. The van der Waals surface area contributed by atoms with Crippen LogP contribution in [-0.4, -0.2) is 42.2 Å². The van der Waals surface area contributed by atoms with Crippen molar-refractivity contribution in [1.29, 1.82) is 0 Å². The van der Waals surface area contributed by atoms with Gasteiger partial charge in [-0.15, -0.1) is 11.8 Å². The summed E-state index contributed by atoms with van der Waals surface area (Å²) >= 11 is 7.89. The molecule has 0 aromatic heterocycles. The number of amides is 2. The van der Waals surface area contributed by atoms with Gasteiger partial charge in [0.1, 0.15) is 18.0 Å². The van der Waals surface area contributed by atoms with Crippen LogP contribution < -0.4 is 5.32 Å². The average Bonchev–Trinajstić information content (AvgIpc) is 3.10. The van der Waals surface area contributed by atoms with Crippen LogP contribution >= 0.6 is 23.4 Å². The molecule has 5 nitrogen and oxygen atoms in total. The standard InChI is InChI=1S/C21H23ClN2O3S/c1-13-8-9-15(10-14(13)2)23-20(26)18-12-28-21(24(18)19(25)11-27-3)16-6-4-5-7-17(16)22/h4-10,18,21H,11-12H2,1-3H3,(H,23,26). The molecule has 0 bridgehead atoms. The van der Waals surface area contributed by atoms with E-state index in [-0.39, 0.29) is 23.8 Å². The third kappa shape index (κ3) is 4.35. The van der Waals surface area contributed by atoms with Crippen molar-refractivity contribution in [3.63, 3.8) is 0 Å². The Hall–Kier alpha value is -2.02. The topological polar surface area (TPSA) is 58.6 Å². The van der Waals surface area contributed by atoms with Crippen molar-refractivity contribution in [2.75, 3.05) is 24.8 Å². The molecule has 7 heteroatoms. The number of benzene rings is 2. The molecule has 2 unspecified atom stereocenters. The average molecular weight is 419 g/mol. The van der Waals surface area contributed by atoms with Crippen molar-refractivity contribution < 1.29 is 14.3 Å². The van der Waals surface area contributed by atoms with Gasteiger partial charge in [0, 0.05) is 29.1 Å². The minimum Gasteiger partial charge on any atom is -0.375 e. The zero-order chi connectivity index (χ0) is 20.3. The van der Waals surface area contributed by atoms with Gasteiger partial charge in [0.15, 0.2) is 0 Å². The Morgan fingerprint density at radius 2 is 1.96 bits per heavy atom. The second-order valence-corrected chi connectivity index (χ2v) is 8.27. The Balaban J connectivity index is 1.86. The van der Waals surface area contributed by atoms with Crippen molar-refractivity contribution in [3.05, 3.63) is 64.2 Å². The predicted octanol–water partition coefficient (Wildman–Crippen LogP) is 4.18. The van der Waals surface area contributed by atoms with Crippen LogP contribution in [0.15, 0.2) is 42.5 Å². The highest BCUT2D eigenvalue weighted by molar-refractivity contribution is 7.99. The molecule has 2 aromatic carbocycles. The highest BCUT2D eigenvalue weighted by Crippen LogP contribution is 2.44. The molecule has 1 fully saturated rings. The van der Waals surface area contributed by atoms with Crippen molar-refractivity contribution in [1.82, 2.24) is 4.90 Å². The summed E-state index contributed by atoms with van der Waals surface area (Å²) in [5, 5.41) is 3.19. The molecule has 0 radical (unpaired) electrons. The van der Waals surface area contributed by atoms with E-state index >= 15 is 0 Å². The normalized spacial score (nSPS) is 18.9. The van der Waals surface area contributed by atoms with E-state index in [0.717, 1.165) is 22.4 Å². The molecule has 3 rings (SSSR count). The summed E-state index contributed by atoms with van der Waals surface area (Å²) in [4.78, 5) is 27.4. The summed E-state index contributed by atoms with van der Waals surface area (Å²) in [6.45, 7) is 3.93. The fourth-order valence-electron chi connectivity index (χ4n) is 3.17. The maximum absolute atomic E-state index is 13.0. The first-order valence-electron chi connectivity index (χ1n) is 8.96. The lowest BCUT2D eigenvalue weighted by atomic mass is 10.1. The van der Waals surface area contributed by atoms with Gasteiger partial charge >= 0.3 is 0 Å². The molecule has 2 amide bonds. The first kappa shape index (κ1) is 20.7. The second kappa shape index (κ2) is 8.99. The summed E-state index contributed by atoms with van der Waals surface area (Å²) in [5.74, 6) is 0.0366. The van der Waals surface area contributed by atoms with E-state index < -0.39 is 6.04 Å². The van der Waals surface area contributed by atoms with Crippen LogP contribution in [0.3, 0.4) is 0 Å². The molecule has 0 aliphatic carbocycles. The zero-order valence-electron chi connectivity index (χ0n) is 16.1. The number of hydrogen-bond acceptors (Lipinski definition) is 4. The number of hydrogen-bond donors (Lipinski definition) is 1. The van der Waals surface area contributed by atoms with Crippen molar-refractivity contribution in [2.24, 2.45) is 0 Å². The number of carbonyl (C=O) groups excluding carboxylic acids is 2. The molecule has 1 N–H and O–H groups in total.